The van der Waals surface area contributed by atoms with Gasteiger partial charge in [0.15, 0.2) is 0 Å². The third-order valence-corrected chi connectivity index (χ3v) is 3.25. The largest absolute Gasteiger partial charge is 0.478 e. The average Bonchev–Trinajstić information content (AvgIpc) is 2.62. The van der Waals surface area contributed by atoms with Crippen molar-refractivity contribution < 1.29 is 23.5 Å². The molecule has 1 amide bonds. The molecule has 2 aromatic rings. The minimum Gasteiger partial charge on any atom is -0.478 e. The van der Waals surface area contributed by atoms with Crippen molar-refractivity contribution in [3.8, 4) is 0 Å². The molecular formula is C15H14FNO4. The number of aryl methyl sites for hydroxylation is 2. The summed E-state index contributed by atoms with van der Waals surface area (Å²) >= 11 is 0. The van der Waals surface area contributed by atoms with Gasteiger partial charge in [-0.1, -0.05) is 0 Å². The summed E-state index contributed by atoms with van der Waals surface area (Å²) in [5.41, 5.74) is 0.850. The Bertz CT molecular complexity index is 734. The van der Waals surface area contributed by atoms with Crippen LogP contribution in [-0.2, 0) is 0 Å². The molecule has 0 spiro atoms. The van der Waals surface area contributed by atoms with Crippen molar-refractivity contribution >= 4 is 17.6 Å². The van der Waals surface area contributed by atoms with E-state index in [1.165, 1.54) is 6.07 Å². The minimum atomic E-state index is -1.36. The molecule has 110 valence electrons. The molecule has 1 aromatic carbocycles. The summed E-state index contributed by atoms with van der Waals surface area (Å²) < 4.78 is 18.9. The molecule has 5 nitrogen and oxygen atoms in total. The van der Waals surface area contributed by atoms with Crippen LogP contribution in [-0.4, -0.2) is 17.0 Å². The lowest BCUT2D eigenvalue weighted by Gasteiger charge is -2.06. The van der Waals surface area contributed by atoms with E-state index < -0.39 is 23.3 Å². The highest BCUT2D eigenvalue weighted by molar-refractivity contribution is 6.06. The molecule has 21 heavy (non-hydrogen) atoms. The molecule has 0 saturated carbocycles. The number of hydrogen-bond donors (Lipinski definition) is 2. The number of amides is 1. The van der Waals surface area contributed by atoms with Gasteiger partial charge in [0.25, 0.3) is 5.91 Å². The summed E-state index contributed by atoms with van der Waals surface area (Å²) in [5.74, 6) is -1.57. The molecule has 2 rings (SSSR count). The van der Waals surface area contributed by atoms with Crippen LogP contribution in [0.2, 0.25) is 0 Å². The van der Waals surface area contributed by atoms with Gasteiger partial charge in [-0.2, -0.15) is 0 Å². The number of carboxylic acid groups (broad SMARTS) is 1. The molecule has 0 radical (unpaired) electrons. The average molecular weight is 291 g/mol. The van der Waals surface area contributed by atoms with Crippen LogP contribution in [0.3, 0.4) is 0 Å². The van der Waals surface area contributed by atoms with Crippen LogP contribution in [0.5, 0.6) is 0 Å². The number of nitrogens with one attached hydrogen (secondary N) is 1. The zero-order valence-corrected chi connectivity index (χ0v) is 11.8. The van der Waals surface area contributed by atoms with Gasteiger partial charge in [-0.25, -0.2) is 9.18 Å². The fourth-order valence-electron chi connectivity index (χ4n) is 2.09. The van der Waals surface area contributed by atoms with Crippen molar-refractivity contribution in [2.24, 2.45) is 0 Å². The van der Waals surface area contributed by atoms with Crippen LogP contribution < -0.4 is 5.32 Å². The van der Waals surface area contributed by atoms with E-state index in [1.54, 1.807) is 20.8 Å². The second-order valence-electron chi connectivity index (χ2n) is 4.67. The lowest BCUT2D eigenvalue weighted by molar-refractivity contribution is 0.0691. The predicted octanol–water partition coefficient (Wildman–Crippen LogP) is 3.29. The lowest BCUT2D eigenvalue weighted by Crippen LogP contribution is -2.14. The number of furan rings is 1. The number of carbonyl (C=O) groups excluding carboxylic acids is 1. The number of halogens is 1. The number of carbonyl (C=O) groups is 2. The maximum Gasteiger partial charge on any atom is 0.338 e. The molecule has 0 atom stereocenters. The number of aromatic carboxylic acids is 1. The molecule has 0 aliphatic rings. The Hall–Kier alpha value is -2.63. The van der Waals surface area contributed by atoms with Crippen LogP contribution in [0.25, 0.3) is 0 Å². The van der Waals surface area contributed by atoms with Crippen molar-refractivity contribution in [1.82, 2.24) is 0 Å². The maximum atomic E-state index is 13.6. The normalized spacial score (nSPS) is 10.5. The summed E-state index contributed by atoms with van der Waals surface area (Å²) in [7, 11) is 0. The minimum absolute atomic E-state index is 0.181. The summed E-state index contributed by atoms with van der Waals surface area (Å²) in [6.07, 6.45) is 0. The third kappa shape index (κ3) is 2.79. The van der Waals surface area contributed by atoms with Crippen LogP contribution in [0.1, 0.15) is 37.8 Å². The van der Waals surface area contributed by atoms with Crippen LogP contribution in [0.4, 0.5) is 10.1 Å². The van der Waals surface area contributed by atoms with E-state index in [4.69, 9.17) is 9.52 Å². The summed E-state index contributed by atoms with van der Waals surface area (Å²) in [6, 6.07) is 3.41. The van der Waals surface area contributed by atoms with Crippen molar-refractivity contribution in [2.75, 3.05) is 5.32 Å². The standard InChI is InChI=1S/C15H14FNO4/c1-7-8(2)21-9(3)13(7)14(18)17-10-4-5-11(15(19)20)12(16)6-10/h4-6H,1-3H3,(H,17,18)(H,19,20). The van der Waals surface area contributed by atoms with Gasteiger partial charge in [0, 0.05) is 11.3 Å². The highest BCUT2D eigenvalue weighted by atomic mass is 19.1. The Morgan fingerprint density at radius 1 is 1.19 bits per heavy atom. The lowest BCUT2D eigenvalue weighted by atomic mass is 10.1. The van der Waals surface area contributed by atoms with Crippen LogP contribution >= 0.6 is 0 Å². The van der Waals surface area contributed by atoms with E-state index in [0.29, 0.717) is 22.6 Å². The molecule has 0 bridgehead atoms. The summed E-state index contributed by atoms with van der Waals surface area (Å²) in [5, 5.41) is 11.3. The fraction of sp³-hybridized carbons (Fsp3) is 0.200. The SMILES string of the molecule is Cc1oc(C)c(C(=O)Nc2ccc(C(=O)O)c(F)c2)c1C. The summed E-state index contributed by atoms with van der Waals surface area (Å²) in [6.45, 7) is 5.18. The number of hydrogen-bond acceptors (Lipinski definition) is 3. The van der Waals surface area contributed by atoms with Gasteiger partial charge in [-0.3, -0.25) is 4.79 Å². The first-order valence-electron chi connectivity index (χ1n) is 6.22. The summed E-state index contributed by atoms with van der Waals surface area (Å²) in [4.78, 5) is 22.9. The first-order chi connectivity index (χ1) is 9.81. The van der Waals surface area contributed by atoms with Crippen molar-refractivity contribution in [2.45, 2.75) is 20.8 Å². The molecule has 0 fully saturated rings. The van der Waals surface area contributed by atoms with Gasteiger partial charge in [0.05, 0.1) is 11.1 Å². The zero-order chi connectivity index (χ0) is 15.7. The third-order valence-electron chi connectivity index (χ3n) is 3.25. The molecule has 1 heterocycles. The van der Waals surface area contributed by atoms with Gasteiger partial charge in [-0.15, -0.1) is 0 Å². The Kier molecular flexibility index (Phi) is 3.80. The molecule has 0 unspecified atom stereocenters. The number of rotatable bonds is 3. The van der Waals surface area contributed by atoms with Crippen LogP contribution in [0.15, 0.2) is 22.6 Å². The van der Waals surface area contributed by atoms with Gasteiger partial charge < -0.3 is 14.8 Å². The van der Waals surface area contributed by atoms with E-state index in [1.807, 2.05) is 0 Å². The van der Waals surface area contributed by atoms with E-state index >= 15 is 0 Å². The van der Waals surface area contributed by atoms with Gasteiger partial charge in [0.1, 0.15) is 17.3 Å². The van der Waals surface area contributed by atoms with E-state index in [2.05, 4.69) is 5.32 Å². The fourth-order valence-corrected chi connectivity index (χ4v) is 2.09. The van der Waals surface area contributed by atoms with Crippen molar-refractivity contribution in [3.05, 3.63) is 52.2 Å². The molecular weight excluding hydrogens is 277 g/mol. The smallest absolute Gasteiger partial charge is 0.338 e. The number of carboxylic acids is 1. The maximum absolute atomic E-state index is 13.6. The molecule has 6 heteroatoms. The second-order valence-corrected chi connectivity index (χ2v) is 4.67. The first kappa shape index (κ1) is 14.8. The zero-order valence-electron chi connectivity index (χ0n) is 11.8. The highest BCUT2D eigenvalue weighted by Crippen LogP contribution is 2.22. The Morgan fingerprint density at radius 2 is 1.86 bits per heavy atom. The predicted molar refractivity (Wildman–Crippen MR) is 74.2 cm³/mol. The van der Waals surface area contributed by atoms with E-state index in [9.17, 15) is 14.0 Å². The van der Waals surface area contributed by atoms with Crippen LogP contribution in [0, 0.1) is 26.6 Å². The van der Waals surface area contributed by atoms with E-state index in [-0.39, 0.29) is 5.69 Å². The number of anilines is 1. The Balaban J connectivity index is 2.28. The molecule has 1 aromatic heterocycles. The first-order valence-corrected chi connectivity index (χ1v) is 6.22. The Morgan fingerprint density at radius 3 is 2.33 bits per heavy atom. The molecule has 0 aliphatic heterocycles. The van der Waals surface area contributed by atoms with Gasteiger partial charge in [0.2, 0.25) is 0 Å². The van der Waals surface area contributed by atoms with Gasteiger partial charge in [-0.05, 0) is 39.0 Å². The molecule has 0 aliphatic carbocycles. The monoisotopic (exact) mass is 291 g/mol. The Labute approximate surface area is 120 Å². The second kappa shape index (κ2) is 5.40. The molecule has 0 saturated heterocycles. The van der Waals surface area contributed by atoms with Crippen molar-refractivity contribution in [3.63, 3.8) is 0 Å². The van der Waals surface area contributed by atoms with Crippen molar-refractivity contribution in [1.29, 1.82) is 0 Å². The highest BCUT2D eigenvalue weighted by Gasteiger charge is 2.19. The quantitative estimate of drug-likeness (QED) is 0.909. The molecule has 2 N–H and O–H groups in total. The topological polar surface area (TPSA) is 79.5 Å². The van der Waals surface area contributed by atoms with Gasteiger partial charge >= 0.3 is 5.97 Å². The number of benzene rings is 1. The van der Waals surface area contributed by atoms with E-state index in [0.717, 1.165) is 12.1 Å².